The minimum absolute atomic E-state index is 0.0126. The van der Waals surface area contributed by atoms with E-state index in [1.165, 1.54) is 44.9 Å². The molecule has 142 valence electrons. The number of rotatable bonds is 16. The second-order valence-corrected chi connectivity index (χ2v) is 6.61. The molecule has 24 heavy (non-hydrogen) atoms. The van der Waals surface area contributed by atoms with E-state index in [9.17, 15) is 9.59 Å². The Balaban J connectivity index is 3.15. The molecule has 0 saturated heterocycles. The molecule has 0 aromatic rings. The molecule has 0 bridgehead atoms. The quantitative estimate of drug-likeness (QED) is 0.422. The van der Waals surface area contributed by atoms with Crippen molar-refractivity contribution in [2.75, 3.05) is 26.3 Å². The summed E-state index contributed by atoms with van der Waals surface area (Å²) >= 11 is 0. The van der Waals surface area contributed by atoms with Crippen LogP contribution in [0.2, 0.25) is 0 Å². The highest BCUT2D eigenvalue weighted by atomic mass is 16.5. The van der Waals surface area contributed by atoms with Gasteiger partial charge in [-0.05, 0) is 19.8 Å². The molecule has 0 saturated carbocycles. The fourth-order valence-electron chi connectivity index (χ4n) is 2.38. The molecule has 5 nitrogen and oxygen atoms in total. The maximum atomic E-state index is 11.4. The molecule has 0 atom stereocenters. The third-order valence-electron chi connectivity index (χ3n) is 3.94. The van der Waals surface area contributed by atoms with Crippen molar-refractivity contribution in [2.45, 2.75) is 78.6 Å². The monoisotopic (exact) mass is 342 g/mol. The zero-order valence-electron chi connectivity index (χ0n) is 16.0. The van der Waals surface area contributed by atoms with Crippen molar-refractivity contribution >= 4 is 11.8 Å². The number of unbranched alkanes of at least 4 members (excludes halogenated alkanes) is 8. The van der Waals surface area contributed by atoms with Crippen LogP contribution >= 0.6 is 0 Å². The van der Waals surface area contributed by atoms with Gasteiger partial charge in [0.15, 0.2) is 0 Å². The number of hydrogen-bond donors (Lipinski definition) is 2. The molecule has 0 unspecified atom stereocenters. The molecule has 0 aliphatic heterocycles. The summed E-state index contributed by atoms with van der Waals surface area (Å²) in [5.74, 6) is 0.230. The van der Waals surface area contributed by atoms with Crippen LogP contribution in [0.4, 0.5) is 0 Å². The molecule has 0 fully saturated rings. The molecule has 5 heteroatoms. The first-order chi connectivity index (χ1) is 11.6. The van der Waals surface area contributed by atoms with Crippen LogP contribution in [0.1, 0.15) is 78.6 Å². The van der Waals surface area contributed by atoms with E-state index < -0.39 is 0 Å². The van der Waals surface area contributed by atoms with Crippen molar-refractivity contribution in [2.24, 2.45) is 5.92 Å². The highest BCUT2D eigenvalue weighted by molar-refractivity contribution is 5.77. The second kappa shape index (κ2) is 16.7. The topological polar surface area (TPSA) is 67.4 Å². The van der Waals surface area contributed by atoms with Gasteiger partial charge in [0, 0.05) is 25.6 Å². The zero-order chi connectivity index (χ0) is 18.0. The largest absolute Gasteiger partial charge is 0.372 e. The number of hydrogen-bond acceptors (Lipinski definition) is 3. The van der Waals surface area contributed by atoms with Gasteiger partial charge < -0.3 is 15.4 Å². The number of carbonyl (C=O) groups is 2. The summed E-state index contributed by atoms with van der Waals surface area (Å²) in [6.07, 6.45) is 10.8. The standard InChI is InChI=1S/C19H38N2O3/c1-4-24-16-18(22)20-14-12-10-8-6-5-7-9-11-13-15-21-19(23)17(2)3/h17H,4-16H2,1-3H3,(H,20,22)(H,21,23). The molecule has 0 heterocycles. The van der Waals surface area contributed by atoms with Gasteiger partial charge in [0.05, 0.1) is 0 Å². The molecule has 0 aromatic carbocycles. The Morgan fingerprint density at radius 2 is 1.25 bits per heavy atom. The van der Waals surface area contributed by atoms with Crippen LogP contribution in [0.3, 0.4) is 0 Å². The van der Waals surface area contributed by atoms with E-state index in [1.807, 2.05) is 20.8 Å². The molecular weight excluding hydrogens is 304 g/mol. The minimum atomic E-state index is -0.0126. The lowest BCUT2D eigenvalue weighted by Gasteiger charge is -2.07. The summed E-state index contributed by atoms with van der Waals surface area (Å²) in [4.78, 5) is 22.7. The predicted molar refractivity (Wildman–Crippen MR) is 98.9 cm³/mol. The zero-order valence-corrected chi connectivity index (χ0v) is 16.0. The normalized spacial score (nSPS) is 10.8. The molecule has 0 spiro atoms. The molecule has 0 radical (unpaired) electrons. The van der Waals surface area contributed by atoms with Crippen LogP contribution < -0.4 is 10.6 Å². The predicted octanol–water partition coefficient (Wildman–Crippen LogP) is 3.42. The molecule has 0 aliphatic rings. The third-order valence-corrected chi connectivity index (χ3v) is 3.94. The number of carbonyl (C=O) groups excluding carboxylic acids is 2. The Bertz CT molecular complexity index is 320. The summed E-state index contributed by atoms with van der Waals surface area (Å²) in [6, 6.07) is 0. The Labute approximate surface area is 148 Å². The smallest absolute Gasteiger partial charge is 0.245 e. The van der Waals surface area contributed by atoms with Gasteiger partial charge in [0.1, 0.15) is 6.61 Å². The van der Waals surface area contributed by atoms with Crippen molar-refractivity contribution in [3.05, 3.63) is 0 Å². The Morgan fingerprint density at radius 1 is 0.792 bits per heavy atom. The lowest BCUT2D eigenvalue weighted by molar-refractivity contribution is -0.125. The summed E-state index contributed by atoms with van der Waals surface area (Å²) < 4.78 is 5.04. The van der Waals surface area contributed by atoms with Crippen molar-refractivity contribution in [1.29, 1.82) is 0 Å². The number of nitrogens with one attached hydrogen (secondary N) is 2. The molecule has 2 N–H and O–H groups in total. The van der Waals surface area contributed by atoms with Gasteiger partial charge in [0.2, 0.25) is 11.8 Å². The Hall–Kier alpha value is -1.10. The van der Waals surface area contributed by atoms with Gasteiger partial charge in [-0.3, -0.25) is 9.59 Å². The number of amides is 2. The van der Waals surface area contributed by atoms with Crippen LogP contribution in [-0.2, 0) is 14.3 Å². The van der Waals surface area contributed by atoms with Gasteiger partial charge in [-0.2, -0.15) is 0 Å². The minimum Gasteiger partial charge on any atom is -0.372 e. The maximum Gasteiger partial charge on any atom is 0.245 e. The van der Waals surface area contributed by atoms with Crippen LogP contribution in [-0.4, -0.2) is 38.1 Å². The van der Waals surface area contributed by atoms with E-state index >= 15 is 0 Å². The van der Waals surface area contributed by atoms with E-state index in [0.29, 0.717) is 6.61 Å². The van der Waals surface area contributed by atoms with E-state index in [-0.39, 0.29) is 24.3 Å². The van der Waals surface area contributed by atoms with E-state index in [1.54, 1.807) is 0 Å². The van der Waals surface area contributed by atoms with Crippen molar-refractivity contribution < 1.29 is 14.3 Å². The van der Waals surface area contributed by atoms with Gasteiger partial charge in [-0.25, -0.2) is 0 Å². The molecule has 0 aromatic heterocycles. The SMILES string of the molecule is CCOCC(=O)NCCCCCCCCCCCNC(=O)C(C)C. The van der Waals surface area contributed by atoms with E-state index in [0.717, 1.165) is 25.9 Å². The average molecular weight is 343 g/mol. The van der Waals surface area contributed by atoms with Gasteiger partial charge in [-0.15, -0.1) is 0 Å². The lowest BCUT2D eigenvalue weighted by Crippen LogP contribution is -2.28. The van der Waals surface area contributed by atoms with Gasteiger partial charge >= 0.3 is 0 Å². The highest BCUT2D eigenvalue weighted by Gasteiger charge is 2.04. The second-order valence-electron chi connectivity index (χ2n) is 6.61. The molecule has 0 rings (SSSR count). The van der Waals surface area contributed by atoms with Crippen molar-refractivity contribution in [1.82, 2.24) is 10.6 Å². The summed E-state index contributed by atoms with van der Waals surface area (Å²) in [7, 11) is 0. The first kappa shape index (κ1) is 22.9. The van der Waals surface area contributed by atoms with Crippen LogP contribution in [0, 0.1) is 5.92 Å². The first-order valence-corrected chi connectivity index (χ1v) is 9.70. The lowest BCUT2D eigenvalue weighted by atomic mass is 10.1. The van der Waals surface area contributed by atoms with E-state index in [4.69, 9.17) is 4.74 Å². The molecular formula is C19H38N2O3. The first-order valence-electron chi connectivity index (χ1n) is 9.70. The van der Waals surface area contributed by atoms with Gasteiger partial charge in [0.25, 0.3) is 0 Å². The van der Waals surface area contributed by atoms with Crippen molar-refractivity contribution in [3.8, 4) is 0 Å². The Kier molecular flexibility index (Phi) is 16.0. The highest BCUT2D eigenvalue weighted by Crippen LogP contribution is 2.09. The summed E-state index contributed by atoms with van der Waals surface area (Å²) in [6.45, 7) is 8.06. The number of ether oxygens (including phenoxy) is 1. The third kappa shape index (κ3) is 15.8. The van der Waals surface area contributed by atoms with Crippen LogP contribution in [0.5, 0.6) is 0 Å². The molecule has 0 aliphatic carbocycles. The van der Waals surface area contributed by atoms with E-state index in [2.05, 4.69) is 10.6 Å². The summed E-state index contributed by atoms with van der Waals surface area (Å²) in [5.41, 5.74) is 0. The van der Waals surface area contributed by atoms with Crippen molar-refractivity contribution in [3.63, 3.8) is 0 Å². The average Bonchev–Trinajstić information content (AvgIpc) is 2.56. The van der Waals surface area contributed by atoms with Gasteiger partial charge in [-0.1, -0.05) is 58.8 Å². The summed E-state index contributed by atoms with van der Waals surface area (Å²) in [5, 5.41) is 5.82. The Morgan fingerprint density at radius 3 is 1.71 bits per heavy atom. The molecule has 2 amide bonds. The fraction of sp³-hybridized carbons (Fsp3) is 0.895. The van der Waals surface area contributed by atoms with Crippen LogP contribution in [0.25, 0.3) is 0 Å². The fourth-order valence-corrected chi connectivity index (χ4v) is 2.38. The maximum absolute atomic E-state index is 11.4. The van der Waals surface area contributed by atoms with Crippen LogP contribution in [0.15, 0.2) is 0 Å².